The summed E-state index contributed by atoms with van der Waals surface area (Å²) in [5.41, 5.74) is 1.37. The molecule has 1 aliphatic rings. The normalized spacial score (nSPS) is 20.9. The summed E-state index contributed by atoms with van der Waals surface area (Å²) in [6.45, 7) is 2.41. The van der Waals surface area contributed by atoms with Crippen molar-refractivity contribution in [2.45, 2.75) is 18.6 Å². The number of benzene rings is 1. The van der Waals surface area contributed by atoms with Crippen LogP contribution in [0.1, 0.15) is 18.4 Å². The van der Waals surface area contributed by atoms with Crippen LogP contribution in [0.3, 0.4) is 0 Å². The van der Waals surface area contributed by atoms with Crippen LogP contribution in [0.2, 0.25) is 5.02 Å². The van der Waals surface area contributed by atoms with Gasteiger partial charge in [-0.3, -0.25) is 0 Å². The largest absolute Gasteiger partial charge is 0.316 e. The van der Waals surface area contributed by atoms with Crippen molar-refractivity contribution in [1.29, 1.82) is 0 Å². The smallest absolute Gasteiger partial charge is 0.0406 e. The first-order valence-corrected chi connectivity index (χ1v) is 7.41. The number of hydrogen-bond acceptors (Lipinski definition) is 2. The number of piperidine rings is 1. The topological polar surface area (TPSA) is 12.0 Å². The Morgan fingerprint density at radius 2 is 2.12 bits per heavy atom. The zero-order valence-corrected chi connectivity index (χ0v) is 11.0. The lowest BCUT2D eigenvalue weighted by molar-refractivity contribution is 0.410. The molecule has 88 valence electrons. The molecule has 0 amide bonds. The summed E-state index contributed by atoms with van der Waals surface area (Å²) in [7, 11) is 0. The van der Waals surface area contributed by atoms with Crippen molar-refractivity contribution >= 4 is 23.4 Å². The van der Waals surface area contributed by atoms with E-state index in [9.17, 15) is 0 Å². The summed E-state index contributed by atoms with van der Waals surface area (Å²) in [5, 5.41) is 4.28. The third kappa shape index (κ3) is 4.00. The van der Waals surface area contributed by atoms with Crippen LogP contribution in [-0.4, -0.2) is 18.8 Å². The Morgan fingerprint density at radius 3 is 2.81 bits per heavy atom. The average Bonchev–Trinajstić information content (AvgIpc) is 2.33. The Hall–Kier alpha value is -0.180. The van der Waals surface area contributed by atoms with E-state index in [2.05, 4.69) is 17.4 Å². The van der Waals surface area contributed by atoms with Gasteiger partial charge in [-0.1, -0.05) is 23.7 Å². The minimum Gasteiger partial charge on any atom is -0.316 e. The molecule has 1 unspecified atom stereocenters. The number of nitrogens with one attached hydrogen (secondary N) is 1. The number of hydrogen-bond donors (Lipinski definition) is 1. The van der Waals surface area contributed by atoms with E-state index in [1.807, 2.05) is 23.9 Å². The Kier molecular flexibility index (Phi) is 5.01. The van der Waals surface area contributed by atoms with Crippen LogP contribution >= 0.6 is 23.4 Å². The zero-order valence-electron chi connectivity index (χ0n) is 9.42. The van der Waals surface area contributed by atoms with Gasteiger partial charge in [-0.25, -0.2) is 0 Å². The Morgan fingerprint density at radius 1 is 1.31 bits per heavy atom. The molecule has 0 radical (unpaired) electrons. The van der Waals surface area contributed by atoms with E-state index in [0.717, 1.165) is 16.7 Å². The molecule has 1 fully saturated rings. The van der Waals surface area contributed by atoms with Gasteiger partial charge >= 0.3 is 0 Å². The van der Waals surface area contributed by atoms with Crippen molar-refractivity contribution in [2.75, 3.05) is 18.8 Å². The van der Waals surface area contributed by atoms with Crippen molar-refractivity contribution in [3.05, 3.63) is 34.9 Å². The second-order valence-corrected chi connectivity index (χ2v) is 5.82. The average molecular weight is 256 g/mol. The van der Waals surface area contributed by atoms with Crippen LogP contribution in [0.4, 0.5) is 0 Å². The fourth-order valence-electron chi connectivity index (χ4n) is 1.99. The summed E-state index contributed by atoms with van der Waals surface area (Å²) in [4.78, 5) is 0. The Bertz CT molecular complexity index is 306. The molecule has 3 heteroatoms. The highest BCUT2D eigenvalue weighted by molar-refractivity contribution is 7.98. The van der Waals surface area contributed by atoms with Crippen molar-refractivity contribution < 1.29 is 0 Å². The summed E-state index contributed by atoms with van der Waals surface area (Å²) < 4.78 is 0. The van der Waals surface area contributed by atoms with E-state index >= 15 is 0 Å². The molecule has 0 saturated carbocycles. The maximum absolute atomic E-state index is 5.85. The van der Waals surface area contributed by atoms with Crippen LogP contribution in [0.15, 0.2) is 24.3 Å². The van der Waals surface area contributed by atoms with Crippen molar-refractivity contribution in [1.82, 2.24) is 5.32 Å². The molecule has 0 aliphatic carbocycles. The van der Waals surface area contributed by atoms with Gasteiger partial charge in [0, 0.05) is 10.8 Å². The van der Waals surface area contributed by atoms with Gasteiger partial charge in [0.15, 0.2) is 0 Å². The van der Waals surface area contributed by atoms with Gasteiger partial charge in [0.1, 0.15) is 0 Å². The molecule has 0 aromatic heterocycles. The van der Waals surface area contributed by atoms with E-state index in [1.54, 1.807) is 0 Å². The quantitative estimate of drug-likeness (QED) is 0.883. The molecule has 1 aliphatic heterocycles. The molecular weight excluding hydrogens is 238 g/mol. The first kappa shape index (κ1) is 12.3. The number of halogens is 1. The van der Waals surface area contributed by atoms with Crippen LogP contribution in [0.5, 0.6) is 0 Å². The van der Waals surface area contributed by atoms with Crippen molar-refractivity contribution in [2.24, 2.45) is 5.92 Å². The molecule has 0 bridgehead atoms. The molecule has 1 aromatic carbocycles. The monoisotopic (exact) mass is 255 g/mol. The molecule has 1 saturated heterocycles. The van der Waals surface area contributed by atoms with Crippen LogP contribution in [0.25, 0.3) is 0 Å². The SMILES string of the molecule is Clc1ccc(CSCC2CCCNC2)cc1. The van der Waals surface area contributed by atoms with Gasteiger partial charge in [-0.05, 0) is 55.3 Å². The molecule has 16 heavy (non-hydrogen) atoms. The zero-order chi connectivity index (χ0) is 11.2. The van der Waals surface area contributed by atoms with Gasteiger partial charge in [-0.15, -0.1) is 0 Å². The van der Waals surface area contributed by atoms with Gasteiger partial charge in [0.05, 0.1) is 0 Å². The third-order valence-electron chi connectivity index (χ3n) is 2.93. The number of rotatable bonds is 4. The van der Waals surface area contributed by atoms with Crippen molar-refractivity contribution in [3.63, 3.8) is 0 Å². The van der Waals surface area contributed by atoms with Gasteiger partial charge in [0.2, 0.25) is 0 Å². The third-order valence-corrected chi connectivity index (χ3v) is 4.43. The standard InChI is InChI=1S/C13H18ClNS/c14-13-5-3-11(4-6-13)9-16-10-12-2-1-7-15-8-12/h3-6,12,15H,1-2,7-10H2. The van der Waals surface area contributed by atoms with Crippen LogP contribution in [-0.2, 0) is 5.75 Å². The lowest BCUT2D eigenvalue weighted by atomic mass is 10.0. The van der Waals surface area contributed by atoms with E-state index in [4.69, 9.17) is 11.6 Å². The lowest BCUT2D eigenvalue weighted by Gasteiger charge is -2.22. The first-order valence-electron chi connectivity index (χ1n) is 5.87. The van der Waals surface area contributed by atoms with E-state index in [1.165, 1.54) is 37.2 Å². The molecule has 1 heterocycles. The predicted octanol–water partition coefficient (Wildman–Crippen LogP) is 3.57. The highest BCUT2D eigenvalue weighted by atomic mass is 35.5. The molecular formula is C13H18ClNS. The Balaban J connectivity index is 1.69. The summed E-state index contributed by atoms with van der Waals surface area (Å²) in [6, 6.07) is 8.18. The van der Waals surface area contributed by atoms with E-state index < -0.39 is 0 Å². The molecule has 1 nitrogen and oxygen atoms in total. The summed E-state index contributed by atoms with van der Waals surface area (Å²) >= 11 is 7.89. The van der Waals surface area contributed by atoms with Crippen LogP contribution < -0.4 is 5.32 Å². The highest BCUT2D eigenvalue weighted by Gasteiger charge is 2.12. The van der Waals surface area contributed by atoms with Crippen molar-refractivity contribution in [3.8, 4) is 0 Å². The van der Waals surface area contributed by atoms with Gasteiger partial charge < -0.3 is 5.32 Å². The van der Waals surface area contributed by atoms with E-state index in [-0.39, 0.29) is 0 Å². The molecule has 1 atom stereocenters. The van der Waals surface area contributed by atoms with Crippen LogP contribution in [0, 0.1) is 5.92 Å². The predicted molar refractivity (Wildman–Crippen MR) is 73.2 cm³/mol. The Labute approximate surface area is 107 Å². The molecule has 0 spiro atoms. The van der Waals surface area contributed by atoms with Gasteiger partial charge in [-0.2, -0.15) is 11.8 Å². The van der Waals surface area contributed by atoms with E-state index in [0.29, 0.717) is 0 Å². The molecule has 2 rings (SSSR count). The first-order chi connectivity index (χ1) is 7.84. The minimum atomic E-state index is 0.824. The minimum absolute atomic E-state index is 0.824. The maximum Gasteiger partial charge on any atom is 0.0406 e. The fourth-order valence-corrected chi connectivity index (χ4v) is 3.28. The lowest BCUT2D eigenvalue weighted by Crippen LogP contribution is -2.30. The van der Waals surface area contributed by atoms with Gasteiger partial charge in [0.25, 0.3) is 0 Å². The highest BCUT2D eigenvalue weighted by Crippen LogP contribution is 2.20. The maximum atomic E-state index is 5.85. The molecule has 1 aromatic rings. The second-order valence-electron chi connectivity index (χ2n) is 4.35. The summed E-state index contributed by atoms with van der Waals surface area (Å²) in [5.74, 6) is 3.24. The number of thioether (sulfide) groups is 1. The summed E-state index contributed by atoms with van der Waals surface area (Å²) in [6.07, 6.45) is 2.73. The fraction of sp³-hybridized carbons (Fsp3) is 0.538. The second kappa shape index (κ2) is 6.53. The molecule has 1 N–H and O–H groups in total.